The third-order valence-electron chi connectivity index (χ3n) is 4.90. The maximum absolute atomic E-state index is 13.4. The summed E-state index contributed by atoms with van der Waals surface area (Å²) >= 11 is 1.31. The quantitative estimate of drug-likeness (QED) is 0.346. The Morgan fingerprint density at radius 1 is 0.875 bits per heavy atom. The van der Waals surface area contributed by atoms with E-state index < -0.39 is 0 Å². The van der Waals surface area contributed by atoms with Gasteiger partial charge < -0.3 is 4.42 Å². The molecule has 158 valence electrons. The maximum atomic E-state index is 13.4. The predicted molar refractivity (Wildman–Crippen MR) is 121 cm³/mol. The van der Waals surface area contributed by atoms with Gasteiger partial charge in [0.15, 0.2) is 5.69 Å². The van der Waals surface area contributed by atoms with Crippen molar-refractivity contribution in [2.24, 2.45) is 0 Å². The third kappa shape index (κ3) is 4.17. The Morgan fingerprint density at radius 2 is 1.62 bits per heavy atom. The summed E-state index contributed by atoms with van der Waals surface area (Å²) in [6, 6.07) is 23.2. The van der Waals surface area contributed by atoms with Crippen molar-refractivity contribution in [2.75, 3.05) is 0 Å². The molecule has 0 aliphatic heterocycles. The molecule has 2 aromatic heterocycles. The van der Waals surface area contributed by atoms with Crippen LogP contribution in [0, 0.1) is 5.82 Å². The number of thioether (sulfide) groups is 1. The smallest absolute Gasteiger partial charge is 0.277 e. The van der Waals surface area contributed by atoms with Gasteiger partial charge in [0.25, 0.3) is 16.7 Å². The van der Waals surface area contributed by atoms with E-state index >= 15 is 0 Å². The van der Waals surface area contributed by atoms with Crippen molar-refractivity contribution in [3.05, 3.63) is 106 Å². The normalized spacial score (nSPS) is 11.2. The van der Waals surface area contributed by atoms with Gasteiger partial charge in [-0.25, -0.2) is 9.07 Å². The molecule has 0 bridgehead atoms. The van der Waals surface area contributed by atoms with Crippen LogP contribution in [0.2, 0.25) is 0 Å². The SMILES string of the molecule is O=c1c2ccccc2c(-c2nnc(SCc3cccc(F)c3)o2)nn1Cc1ccccc1. The highest BCUT2D eigenvalue weighted by atomic mass is 32.2. The lowest BCUT2D eigenvalue weighted by Gasteiger charge is -2.09. The fourth-order valence-corrected chi connectivity index (χ4v) is 4.10. The monoisotopic (exact) mass is 444 g/mol. The summed E-state index contributed by atoms with van der Waals surface area (Å²) in [7, 11) is 0. The van der Waals surface area contributed by atoms with E-state index in [4.69, 9.17) is 4.42 Å². The fourth-order valence-electron chi connectivity index (χ4n) is 3.39. The predicted octanol–water partition coefficient (Wildman–Crippen LogP) is 4.93. The van der Waals surface area contributed by atoms with Crippen LogP contribution in [-0.2, 0) is 12.3 Å². The minimum absolute atomic E-state index is 0.187. The van der Waals surface area contributed by atoms with E-state index in [1.165, 1.54) is 28.6 Å². The van der Waals surface area contributed by atoms with Crippen LogP contribution in [-0.4, -0.2) is 20.0 Å². The lowest BCUT2D eigenvalue weighted by atomic mass is 10.1. The number of fused-ring (bicyclic) bond motifs is 1. The van der Waals surface area contributed by atoms with Gasteiger partial charge in [-0.1, -0.05) is 72.4 Å². The van der Waals surface area contributed by atoms with Crippen LogP contribution in [0.4, 0.5) is 4.39 Å². The molecule has 5 rings (SSSR count). The van der Waals surface area contributed by atoms with Crippen molar-refractivity contribution in [3.63, 3.8) is 0 Å². The summed E-state index contributed by atoms with van der Waals surface area (Å²) in [6.07, 6.45) is 0. The second-order valence-electron chi connectivity index (χ2n) is 7.13. The molecule has 0 saturated heterocycles. The molecule has 0 atom stereocenters. The van der Waals surface area contributed by atoms with Gasteiger partial charge in [-0.15, -0.1) is 10.2 Å². The van der Waals surface area contributed by atoms with Crippen LogP contribution in [0.25, 0.3) is 22.4 Å². The molecule has 0 aliphatic rings. The first kappa shape index (κ1) is 20.1. The van der Waals surface area contributed by atoms with Crippen LogP contribution in [0.5, 0.6) is 0 Å². The van der Waals surface area contributed by atoms with Crippen molar-refractivity contribution in [3.8, 4) is 11.6 Å². The summed E-state index contributed by atoms with van der Waals surface area (Å²) < 4.78 is 20.7. The summed E-state index contributed by atoms with van der Waals surface area (Å²) in [5.74, 6) is 0.427. The number of aromatic nitrogens is 4. The molecular formula is C24H17FN4O2S. The topological polar surface area (TPSA) is 73.8 Å². The van der Waals surface area contributed by atoms with Crippen molar-refractivity contribution < 1.29 is 8.81 Å². The highest BCUT2D eigenvalue weighted by Crippen LogP contribution is 2.28. The molecule has 2 heterocycles. The second-order valence-corrected chi connectivity index (χ2v) is 8.06. The molecule has 0 amide bonds. The van der Waals surface area contributed by atoms with Gasteiger partial charge >= 0.3 is 0 Å². The molecule has 0 fully saturated rings. The minimum Gasteiger partial charge on any atom is -0.409 e. The fraction of sp³-hybridized carbons (Fsp3) is 0.0833. The Morgan fingerprint density at radius 3 is 2.44 bits per heavy atom. The first-order valence-corrected chi connectivity index (χ1v) is 10.9. The van der Waals surface area contributed by atoms with Gasteiger partial charge in [-0.2, -0.15) is 5.10 Å². The standard InChI is InChI=1S/C24H17FN4O2S/c25-18-10-6-9-17(13-18)15-32-24-27-26-22(31-24)21-19-11-4-5-12-20(19)23(30)29(28-21)14-16-7-2-1-3-8-16/h1-13H,14-15H2. The number of benzene rings is 3. The van der Waals surface area contributed by atoms with Gasteiger partial charge in [0.1, 0.15) is 5.82 Å². The summed E-state index contributed by atoms with van der Waals surface area (Å²) in [5, 5.41) is 14.3. The average Bonchev–Trinajstić information content (AvgIpc) is 3.29. The van der Waals surface area contributed by atoms with Crippen LogP contribution < -0.4 is 5.56 Å². The third-order valence-corrected chi connectivity index (χ3v) is 5.79. The lowest BCUT2D eigenvalue weighted by molar-refractivity contribution is 0.462. The molecule has 3 aromatic carbocycles. The number of nitrogens with zero attached hydrogens (tertiary/aromatic N) is 4. The van der Waals surface area contributed by atoms with E-state index in [0.29, 0.717) is 34.0 Å². The van der Waals surface area contributed by atoms with E-state index in [2.05, 4.69) is 15.3 Å². The largest absolute Gasteiger partial charge is 0.409 e. The number of halogens is 1. The molecular weight excluding hydrogens is 427 g/mol. The Kier molecular flexibility index (Phi) is 5.51. The van der Waals surface area contributed by atoms with Crippen LogP contribution in [0.15, 0.2) is 93.3 Å². The van der Waals surface area contributed by atoms with E-state index in [9.17, 15) is 9.18 Å². The van der Waals surface area contributed by atoms with Gasteiger partial charge in [-0.3, -0.25) is 4.79 Å². The first-order valence-electron chi connectivity index (χ1n) is 9.92. The van der Waals surface area contributed by atoms with Crippen molar-refractivity contribution in [1.82, 2.24) is 20.0 Å². The van der Waals surface area contributed by atoms with Crippen molar-refractivity contribution >= 4 is 22.5 Å². The Hall–Kier alpha value is -3.78. The molecule has 5 aromatic rings. The Labute approximate surface area is 186 Å². The van der Waals surface area contributed by atoms with Crippen molar-refractivity contribution in [1.29, 1.82) is 0 Å². The van der Waals surface area contributed by atoms with Crippen LogP contribution in [0.3, 0.4) is 0 Å². The van der Waals surface area contributed by atoms with Gasteiger partial charge in [0.2, 0.25) is 0 Å². The molecule has 0 spiro atoms. The minimum atomic E-state index is -0.286. The van der Waals surface area contributed by atoms with E-state index in [1.54, 1.807) is 12.1 Å². The number of hydrogen-bond acceptors (Lipinski definition) is 6. The second kappa shape index (κ2) is 8.76. The zero-order valence-corrected chi connectivity index (χ0v) is 17.6. The molecule has 0 unspecified atom stereocenters. The molecule has 0 saturated carbocycles. The maximum Gasteiger partial charge on any atom is 0.277 e. The molecule has 0 N–H and O–H groups in total. The highest BCUT2D eigenvalue weighted by molar-refractivity contribution is 7.98. The molecule has 0 aliphatic carbocycles. The van der Waals surface area contributed by atoms with E-state index in [1.807, 2.05) is 54.6 Å². The summed E-state index contributed by atoms with van der Waals surface area (Å²) in [4.78, 5) is 13.0. The molecule has 32 heavy (non-hydrogen) atoms. The van der Waals surface area contributed by atoms with E-state index in [0.717, 1.165) is 11.1 Å². The molecule has 0 radical (unpaired) electrons. The first-order chi connectivity index (χ1) is 15.7. The van der Waals surface area contributed by atoms with E-state index in [-0.39, 0.29) is 17.3 Å². The van der Waals surface area contributed by atoms with Crippen molar-refractivity contribution in [2.45, 2.75) is 17.5 Å². The summed E-state index contributed by atoms with van der Waals surface area (Å²) in [6.45, 7) is 0.326. The Balaban J connectivity index is 1.49. The average molecular weight is 444 g/mol. The molecule has 6 nitrogen and oxygen atoms in total. The van der Waals surface area contributed by atoms with Gasteiger partial charge in [0.05, 0.1) is 11.9 Å². The zero-order valence-electron chi connectivity index (χ0n) is 16.8. The van der Waals surface area contributed by atoms with Crippen LogP contribution in [0.1, 0.15) is 11.1 Å². The van der Waals surface area contributed by atoms with Crippen LogP contribution >= 0.6 is 11.8 Å². The Bertz CT molecular complexity index is 1450. The van der Waals surface area contributed by atoms with Gasteiger partial charge in [-0.05, 0) is 29.3 Å². The number of rotatable bonds is 6. The number of hydrogen-bond donors (Lipinski definition) is 0. The van der Waals surface area contributed by atoms with Gasteiger partial charge in [0, 0.05) is 11.1 Å². The zero-order chi connectivity index (χ0) is 21.9. The highest BCUT2D eigenvalue weighted by Gasteiger charge is 2.18. The lowest BCUT2D eigenvalue weighted by Crippen LogP contribution is -2.24. The molecule has 8 heteroatoms. The summed E-state index contributed by atoms with van der Waals surface area (Å²) in [5.41, 5.74) is 2.03.